The normalized spacial score (nSPS) is 13.3. The lowest BCUT2D eigenvalue weighted by Gasteiger charge is -2.11. The molecule has 140 valence electrons. The summed E-state index contributed by atoms with van der Waals surface area (Å²) in [6.07, 6.45) is 4.00. The molecule has 1 aliphatic carbocycles. The van der Waals surface area contributed by atoms with E-state index in [1.54, 1.807) is 11.8 Å². The average molecular weight is 430 g/mol. The first kappa shape index (κ1) is 19.7. The molecule has 0 atom stereocenters. The van der Waals surface area contributed by atoms with Crippen LogP contribution in [-0.2, 0) is 22.4 Å². The Kier molecular flexibility index (Phi) is 6.96. The van der Waals surface area contributed by atoms with Gasteiger partial charge in [-0.2, -0.15) is 0 Å². The van der Waals surface area contributed by atoms with E-state index in [0.29, 0.717) is 10.6 Å². The van der Waals surface area contributed by atoms with Gasteiger partial charge in [-0.25, -0.2) is 4.79 Å². The number of hydrogen-bond donors (Lipinski definition) is 1. The molecule has 2 aromatic heterocycles. The number of fused-ring (bicyclic) bond motifs is 1. The van der Waals surface area contributed by atoms with E-state index in [0.717, 1.165) is 45.7 Å². The topological polar surface area (TPSA) is 81.2 Å². The van der Waals surface area contributed by atoms with Crippen LogP contribution in [0.1, 0.15) is 40.6 Å². The molecule has 2 aromatic rings. The molecular formula is C16H19N3O3S4. The lowest BCUT2D eigenvalue weighted by molar-refractivity contribution is -0.113. The summed E-state index contributed by atoms with van der Waals surface area (Å²) >= 11 is 5.98. The van der Waals surface area contributed by atoms with E-state index < -0.39 is 0 Å². The number of nitrogens with one attached hydrogen (secondary N) is 1. The molecule has 1 aliphatic rings. The summed E-state index contributed by atoms with van der Waals surface area (Å²) in [5.74, 6) is 0.643. The molecule has 0 unspecified atom stereocenters. The van der Waals surface area contributed by atoms with Crippen LogP contribution in [0, 0.1) is 0 Å². The minimum absolute atomic E-state index is 0.154. The highest BCUT2D eigenvalue weighted by atomic mass is 32.2. The Morgan fingerprint density at radius 2 is 1.88 bits per heavy atom. The molecule has 1 amide bonds. The summed E-state index contributed by atoms with van der Waals surface area (Å²) in [5, 5.41) is 11.7. The molecule has 0 saturated heterocycles. The number of esters is 1. The van der Waals surface area contributed by atoms with E-state index in [1.807, 2.05) is 0 Å². The van der Waals surface area contributed by atoms with E-state index in [1.165, 1.54) is 46.4 Å². The van der Waals surface area contributed by atoms with E-state index in [-0.39, 0.29) is 17.6 Å². The number of carbonyl (C=O) groups excluding carboxylic acids is 2. The Morgan fingerprint density at radius 1 is 1.15 bits per heavy atom. The fourth-order valence-electron chi connectivity index (χ4n) is 2.70. The Hall–Kier alpha value is -1.10. The van der Waals surface area contributed by atoms with E-state index >= 15 is 0 Å². The van der Waals surface area contributed by atoms with Gasteiger partial charge >= 0.3 is 5.97 Å². The number of thioether (sulfide) groups is 2. The number of nitrogens with zero attached hydrogens (tertiary/aromatic N) is 2. The number of aromatic nitrogens is 2. The van der Waals surface area contributed by atoms with Gasteiger partial charge in [-0.1, -0.05) is 41.8 Å². The molecule has 0 aromatic carbocycles. The fraction of sp³-hybridized carbons (Fsp3) is 0.500. The number of amides is 1. The van der Waals surface area contributed by atoms with Gasteiger partial charge in [0.2, 0.25) is 5.91 Å². The second-order valence-electron chi connectivity index (χ2n) is 5.51. The highest BCUT2D eigenvalue weighted by molar-refractivity contribution is 8.03. The molecule has 0 fully saturated rings. The van der Waals surface area contributed by atoms with Gasteiger partial charge in [-0.05, 0) is 37.0 Å². The van der Waals surface area contributed by atoms with Crippen molar-refractivity contribution < 1.29 is 14.3 Å². The van der Waals surface area contributed by atoms with Crippen LogP contribution in [-0.4, -0.2) is 40.7 Å². The summed E-state index contributed by atoms with van der Waals surface area (Å²) < 4.78 is 6.61. The van der Waals surface area contributed by atoms with E-state index in [2.05, 4.69) is 22.4 Å². The molecule has 0 saturated carbocycles. The predicted octanol–water partition coefficient (Wildman–Crippen LogP) is 4.11. The smallest absolute Gasteiger partial charge is 0.341 e. The van der Waals surface area contributed by atoms with Gasteiger partial charge in [0.1, 0.15) is 5.00 Å². The Bertz CT molecular complexity index is 803. The highest BCUT2D eigenvalue weighted by Crippen LogP contribution is 2.38. The zero-order valence-electron chi connectivity index (χ0n) is 14.5. The Morgan fingerprint density at radius 3 is 2.62 bits per heavy atom. The van der Waals surface area contributed by atoms with Crippen LogP contribution < -0.4 is 5.32 Å². The third-order valence-corrected chi connectivity index (χ3v) is 8.08. The van der Waals surface area contributed by atoms with Crippen molar-refractivity contribution in [1.29, 1.82) is 0 Å². The average Bonchev–Trinajstić information content (AvgIpc) is 3.23. The molecule has 3 rings (SSSR count). The third-order valence-electron chi connectivity index (χ3n) is 3.80. The van der Waals surface area contributed by atoms with Crippen LogP contribution in [0.15, 0.2) is 8.68 Å². The molecule has 0 radical (unpaired) electrons. The largest absolute Gasteiger partial charge is 0.465 e. The number of thiophene rings is 1. The number of anilines is 1. The number of methoxy groups -OCH3 is 1. The zero-order chi connectivity index (χ0) is 18.5. The van der Waals surface area contributed by atoms with Crippen molar-refractivity contribution in [2.75, 3.05) is 23.9 Å². The molecule has 0 spiro atoms. The predicted molar refractivity (Wildman–Crippen MR) is 108 cm³/mol. The molecule has 1 N–H and O–H groups in total. The number of aryl methyl sites for hydroxylation is 1. The summed E-state index contributed by atoms with van der Waals surface area (Å²) in [6, 6.07) is 0. The summed E-state index contributed by atoms with van der Waals surface area (Å²) in [5.41, 5.74) is 1.57. The molecule has 0 aliphatic heterocycles. The van der Waals surface area contributed by atoms with Crippen LogP contribution in [0.25, 0.3) is 0 Å². The van der Waals surface area contributed by atoms with Gasteiger partial charge in [-0.3, -0.25) is 4.79 Å². The van der Waals surface area contributed by atoms with Crippen molar-refractivity contribution >= 4 is 63.1 Å². The van der Waals surface area contributed by atoms with E-state index in [9.17, 15) is 9.59 Å². The number of rotatable bonds is 7. The lowest BCUT2D eigenvalue weighted by atomic mass is 9.95. The van der Waals surface area contributed by atoms with Gasteiger partial charge in [0, 0.05) is 4.88 Å². The second kappa shape index (κ2) is 9.20. The molecule has 2 heterocycles. The second-order valence-corrected chi connectivity index (χ2v) is 10.3. The van der Waals surface area contributed by atoms with Gasteiger partial charge in [0.05, 0.1) is 18.4 Å². The van der Waals surface area contributed by atoms with Crippen LogP contribution in [0.2, 0.25) is 0 Å². The third kappa shape index (κ3) is 4.59. The quantitative estimate of drug-likeness (QED) is 0.524. The van der Waals surface area contributed by atoms with Crippen molar-refractivity contribution in [3.8, 4) is 0 Å². The van der Waals surface area contributed by atoms with Gasteiger partial charge in [0.15, 0.2) is 8.68 Å². The SMILES string of the molecule is CCSc1nnc(SCC(=O)Nc2sc3c(c2C(=O)OC)CCCC3)s1. The fourth-order valence-corrected chi connectivity index (χ4v) is 6.71. The highest BCUT2D eigenvalue weighted by Gasteiger charge is 2.26. The zero-order valence-corrected chi connectivity index (χ0v) is 17.8. The monoisotopic (exact) mass is 429 g/mol. The Labute approximate surface area is 168 Å². The molecule has 10 heteroatoms. The first-order valence-electron chi connectivity index (χ1n) is 8.24. The van der Waals surface area contributed by atoms with Gasteiger partial charge in [-0.15, -0.1) is 21.5 Å². The standard InChI is InChI=1S/C16H19N3O3S4/c1-3-23-15-18-19-16(26-15)24-8-11(20)17-13-12(14(21)22-2)9-6-4-5-7-10(9)25-13/h3-8H2,1-2H3,(H,17,20). The van der Waals surface area contributed by atoms with Crippen LogP contribution >= 0.6 is 46.2 Å². The molecule has 26 heavy (non-hydrogen) atoms. The van der Waals surface area contributed by atoms with Crippen molar-refractivity contribution in [3.05, 3.63) is 16.0 Å². The first-order chi connectivity index (χ1) is 12.6. The van der Waals surface area contributed by atoms with Crippen LogP contribution in [0.5, 0.6) is 0 Å². The van der Waals surface area contributed by atoms with Crippen molar-refractivity contribution in [1.82, 2.24) is 10.2 Å². The molecule has 0 bridgehead atoms. The minimum Gasteiger partial charge on any atom is -0.465 e. The maximum absolute atomic E-state index is 12.4. The van der Waals surface area contributed by atoms with Crippen molar-refractivity contribution in [3.63, 3.8) is 0 Å². The number of hydrogen-bond acceptors (Lipinski definition) is 9. The molecular weight excluding hydrogens is 410 g/mol. The number of ether oxygens (including phenoxy) is 1. The van der Waals surface area contributed by atoms with Gasteiger partial charge < -0.3 is 10.1 Å². The Balaban J connectivity index is 1.66. The number of carbonyl (C=O) groups is 2. The van der Waals surface area contributed by atoms with Crippen molar-refractivity contribution in [2.45, 2.75) is 41.3 Å². The maximum Gasteiger partial charge on any atom is 0.341 e. The first-order valence-corrected chi connectivity index (χ1v) is 11.8. The van der Waals surface area contributed by atoms with Crippen LogP contribution in [0.4, 0.5) is 5.00 Å². The minimum atomic E-state index is -0.377. The lowest BCUT2D eigenvalue weighted by Crippen LogP contribution is -2.16. The molecule has 6 nitrogen and oxygen atoms in total. The maximum atomic E-state index is 12.4. The summed E-state index contributed by atoms with van der Waals surface area (Å²) in [7, 11) is 1.37. The van der Waals surface area contributed by atoms with Crippen molar-refractivity contribution in [2.24, 2.45) is 0 Å². The van der Waals surface area contributed by atoms with Gasteiger partial charge in [0.25, 0.3) is 0 Å². The summed E-state index contributed by atoms with van der Waals surface area (Å²) in [4.78, 5) is 25.8. The van der Waals surface area contributed by atoms with Crippen LogP contribution in [0.3, 0.4) is 0 Å². The summed E-state index contributed by atoms with van der Waals surface area (Å²) in [6.45, 7) is 2.06. The van der Waals surface area contributed by atoms with E-state index in [4.69, 9.17) is 4.74 Å².